The molecule has 0 radical (unpaired) electrons. The summed E-state index contributed by atoms with van der Waals surface area (Å²) in [6.45, 7) is 3.64. The molecule has 10 heteroatoms. The van der Waals surface area contributed by atoms with Gasteiger partial charge in [-0.3, -0.25) is 4.79 Å². The molecule has 1 aliphatic heterocycles. The van der Waals surface area contributed by atoms with Crippen molar-refractivity contribution in [3.05, 3.63) is 35.8 Å². The van der Waals surface area contributed by atoms with Crippen molar-refractivity contribution in [1.29, 1.82) is 0 Å². The quantitative estimate of drug-likeness (QED) is 0.511. The Hall–Kier alpha value is -2.98. The summed E-state index contributed by atoms with van der Waals surface area (Å²) in [7, 11) is 2.10. The van der Waals surface area contributed by atoms with Crippen LogP contribution in [0.2, 0.25) is 0 Å². The predicted octanol–water partition coefficient (Wildman–Crippen LogP) is 2.27. The van der Waals surface area contributed by atoms with E-state index in [4.69, 9.17) is 5.11 Å². The minimum absolute atomic E-state index is 0.0509. The summed E-state index contributed by atoms with van der Waals surface area (Å²) in [5.41, 5.74) is 2.49. The van der Waals surface area contributed by atoms with Crippen molar-refractivity contribution in [1.82, 2.24) is 14.9 Å². The minimum Gasteiger partial charge on any atom is -0.481 e. The van der Waals surface area contributed by atoms with E-state index in [9.17, 15) is 14.3 Å². The number of piperazine rings is 1. The molecule has 1 aliphatic carbocycles. The molecule has 0 bridgehead atoms. The molecule has 2 heterocycles. The molecule has 4 N–H and O–H groups in total. The molecule has 2 aliphatic rings. The number of nitrogens with zero attached hydrogens (tertiary/aromatic N) is 4. The van der Waals surface area contributed by atoms with E-state index < -0.39 is 17.7 Å². The summed E-state index contributed by atoms with van der Waals surface area (Å²) in [6.07, 6.45) is 2.74. The van der Waals surface area contributed by atoms with Gasteiger partial charge in [0.1, 0.15) is 0 Å². The summed E-state index contributed by atoms with van der Waals surface area (Å²) >= 11 is 0. The van der Waals surface area contributed by atoms with E-state index in [0.29, 0.717) is 24.9 Å². The lowest BCUT2D eigenvalue weighted by Gasteiger charge is -2.35. The third-order valence-electron chi connectivity index (χ3n) is 6.22. The van der Waals surface area contributed by atoms with E-state index in [-0.39, 0.29) is 24.4 Å². The van der Waals surface area contributed by atoms with Crippen molar-refractivity contribution < 1.29 is 19.4 Å². The SMILES string of the molecule is CN1CCN(c2ccc(Nc3ncc(F)c(N[C@H]4CC[C@@H](C(=O)O)C4)n3)cc2CO)CC1. The van der Waals surface area contributed by atoms with Crippen molar-refractivity contribution in [3.63, 3.8) is 0 Å². The second-order valence-electron chi connectivity index (χ2n) is 8.50. The fourth-order valence-corrected chi connectivity index (χ4v) is 4.33. The molecule has 4 rings (SSSR count). The van der Waals surface area contributed by atoms with Crippen LogP contribution in [0.25, 0.3) is 0 Å². The van der Waals surface area contributed by atoms with E-state index in [1.807, 2.05) is 18.2 Å². The number of aliphatic carboxylic acids is 1. The van der Waals surface area contributed by atoms with Gasteiger partial charge >= 0.3 is 5.97 Å². The molecule has 0 amide bonds. The summed E-state index contributed by atoms with van der Waals surface area (Å²) in [4.78, 5) is 24.0. The Labute approximate surface area is 186 Å². The topological polar surface area (TPSA) is 114 Å². The van der Waals surface area contributed by atoms with Crippen LogP contribution < -0.4 is 15.5 Å². The highest BCUT2D eigenvalue weighted by Gasteiger charge is 2.30. The van der Waals surface area contributed by atoms with E-state index in [0.717, 1.165) is 43.6 Å². The number of nitrogens with one attached hydrogen (secondary N) is 2. The number of likely N-dealkylation sites (N-methyl/N-ethyl adjacent to an activating group) is 1. The average Bonchev–Trinajstić information content (AvgIpc) is 3.26. The van der Waals surface area contributed by atoms with Gasteiger partial charge < -0.3 is 30.6 Å². The molecule has 2 fully saturated rings. The number of aliphatic hydroxyl groups excluding tert-OH is 1. The third-order valence-corrected chi connectivity index (χ3v) is 6.22. The van der Waals surface area contributed by atoms with Gasteiger partial charge in [-0.2, -0.15) is 4.98 Å². The summed E-state index contributed by atoms with van der Waals surface area (Å²) < 4.78 is 14.2. The highest BCUT2D eigenvalue weighted by atomic mass is 19.1. The van der Waals surface area contributed by atoms with Gasteiger partial charge in [0.15, 0.2) is 11.6 Å². The van der Waals surface area contributed by atoms with Crippen LogP contribution in [0.4, 0.5) is 27.5 Å². The highest BCUT2D eigenvalue weighted by molar-refractivity contribution is 5.70. The number of hydrogen-bond donors (Lipinski definition) is 4. The molecule has 0 spiro atoms. The molecule has 172 valence electrons. The molecule has 0 unspecified atom stereocenters. The fourth-order valence-electron chi connectivity index (χ4n) is 4.33. The molecule has 9 nitrogen and oxygen atoms in total. The first-order valence-corrected chi connectivity index (χ1v) is 10.9. The predicted molar refractivity (Wildman–Crippen MR) is 120 cm³/mol. The zero-order valence-corrected chi connectivity index (χ0v) is 18.1. The minimum atomic E-state index is -0.820. The standard InChI is InChI=1S/C22H29FN6O3/c1-28-6-8-29(9-7-28)19-5-4-17(11-15(19)13-30)26-22-24-12-18(23)20(27-22)25-16-3-2-14(10-16)21(31)32/h4-5,11-12,14,16,30H,2-3,6-10,13H2,1H3,(H,31,32)(H2,24,25,26,27)/t14-,16+/m1/s1. The Kier molecular flexibility index (Phi) is 6.71. The highest BCUT2D eigenvalue weighted by Crippen LogP contribution is 2.30. The zero-order valence-electron chi connectivity index (χ0n) is 18.1. The number of halogens is 1. The van der Waals surface area contributed by atoms with Crippen LogP contribution in [0.15, 0.2) is 24.4 Å². The van der Waals surface area contributed by atoms with Gasteiger partial charge in [-0.15, -0.1) is 0 Å². The number of carboxylic acids is 1. The van der Waals surface area contributed by atoms with Crippen molar-refractivity contribution in [2.75, 3.05) is 48.8 Å². The molecule has 32 heavy (non-hydrogen) atoms. The van der Waals surface area contributed by atoms with Crippen LogP contribution in [0.5, 0.6) is 0 Å². The van der Waals surface area contributed by atoms with Crippen molar-refractivity contribution >= 4 is 29.1 Å². The fraction of sp³-hybridized carbons (Fsp3) is 0.500. The Morgan fingerprint density at radius 3 is 2.72 bits per heavy atom. The Balaban J connectivity index is 1.46. The van der Waals surface area contributed by atoms with E-state index in [2.05, 4.69) is 37.4 Å². The van der Waals surface area contributed by atoms with Crippen LogP contribution >= 0.6 is 0 Å². The number of rotatable bonds is 7. The number of aromatic nitrogens is 2. The van der Waals surface area contributed by atoms with Gasteiger partial charge in [-0.1, -0.05) is 0 Å². The summed E-state index contributed by atoms with van der Waals surface area (Å²) in [6, 6.07) is 5.56. The molecular formula is C22H29FN6O3. The first-order valence-electron chi connectivity index (χ1n) is 10.9. The van der Waals surface area contributed by atoms with Crippen molar-refractivity contribution in [3.8, 4) is 0 Å². The number of benzene rings is 1. The number of carbonyl (C=O) groups is 1. The van der Waals surface area contributed by atoms with Crippen LogP contribution in [-0.4, -0.2) is 70.3 Å². The summed E-state index contributed by atoms with van der Waals surface area (Å²) in [5.74, 6) is -1.55. The normalized spacial score (nSPS) is 21.5. The molecule has 1 aromatic heterocycles. The largest absolute Gasteiger partial charge is 0.481 e. The zero-order chi connectivity index (χ0) is 22.7. The van der Waals surface area contributed by atoms with E-state index in [1.54, 1.807) is 0 Å². The first-order chi connectivity index (χ1) is 15.4. The van der Waals surface area contributed by atoms with Gasteiger partial charge in [0.05, 0.1) is 18.7 Å². The second kappa shape index (κ2) is 9.66. The Bertz CT molecular complexity index is 967. The monoisotopic (exact) mass is 444 g/mol. The van der Waals surface area contributed by atoms with Crippen LogP contribution in [-0.2, 0) is 11.4 Å². The molecule has 1 aromatic carbocycles. The second-order valence-corrected chi connectivity index (χ2v) is 8.50. The lowest BCUT2D eigenvalue weighted by Crippen LogP contribution is -2.44. The van der Waals surface area contributed by atoms with Gasteiger partial charge in [-0.25, -0.2) is 9.37 Å². The average molecular weight is 445 g/mol. The van der Waals surface area contributed by atoms with Crippen LogP contribution in [0.1, 0.15) is 24.8 Å². The molecule has 2 aromatic rings. The summed E-state index contributed by atoms with van der Waals surface area (Å²) in [5, 5.41) is 25.1. The van der Waals surface area contributed by atoms with Crippen molar-refractivity contribution in [2.24, 2.45) is 5.92 Å². The lowest BCUT2D eigenvalue weighted by molar-refractivity contribution is -0.141. The first kappa shape index (κ1) is 22.2. The van der Waals surface area contributed by atoms with Gasteiger partial charge in [0.25, 0.3) is 0 Å². The lowest BCUT2D eigenvalue weighted by atomic mass is 10.1. The number of aliphatic hydroxyl groups is 1. The maximum Gasteiger partial charge on any atom is 0.306 e. The molecule has 1 saturated carbocycles. The number of anilines is 4. The Morgan fingerprint density at radius 1 is 1.25 bits per heavy atom. The number of hydrogen-bond acceptors (Lipinski definition) is 8. The van der Waals surface area contributed by atoms with E-state index in [1.165, 1.54) is 0 Å². The maximum absolute atomic E-state index is 14.2. The van der Waals surface area contributed by atoms with Gasteiger partial charge in [-0.05, 0) is 44.5 Å². The van der Waals surface area contributed by atoms with E-state index >= 15 is 0 Å². The van der Waals surface area contributed by atoms with Gasteiger partial charge in [0.2, 0.25) is 5.95 Å². The number of carboxylic acid groups (broad SMARTS) is 1. The Morgan fingerprint density at radius 2 is 2.03 bits per heavy atom. The smallest absolute Gasteiger partial charge is 0.306 e. The third kappa shape index (κ3) is 5.08. The molecular weight excluding hydrogens is 415 g/mol. The van der Waals surface area contributed by atoms with Crippen LogP contribution in [0.3, 0.4) is 0 Å². The van der Waals surface area contributed by atoms with Crippen molar-refractivity contribution in [2.45, 2.75) is 31.9 Å². The maximum atomic E-state index is 14.2. The van der Waals surface area contributed by atoms with Crippen LogP contribution in [0, 0.1) is 11.7 Å². The molecule has 2 atom stereocenters. The molecule has 1 saturated heterocycles. The van der Waals surface area contributed by atoms with Gasteiger partial charge in [0, 0.05) is 49.2 Å².